The molecule has 0 unspecified atom stereocenters. The zero-order valence-corrected chi connectivity index (χ0v) is 25.8. The molecule has 0 spiro atoms. The van der Waals surface area contributed by atoms with E-state index in [-0.39, 0.29) is 32.3 Å². The van der Waals surface area contributed by atoms with Crippen LogP contribution in [0.3, 0.4) is 0 Å². The number of carbonyl (C=O) groups is 2. The van der Waals surface area contributed by atoms with E-state index in [1.807, 2.05) is 30.5 Å². The number of halogens is 6. The molecule has 47 heavy (non-hydrogen) atoms. The number of ether oxygens (including phenoxy) is 3. The van der Waals surface area contributed by atoms with Crippen molar-refractivity contribution < 1.29 is 50.1 Å². The summed E-state index contributed by atoms with van der Waals surface area (Å²) in [5, 5.41) is 0.952. The third kappa shape index (κ3) is 8.76. The first kappa shape index (κ1) is 35.1. The Morgan fingerprint density at radius 2 is 1.45 bits per heavy atom. The van der Waals surface area contributed by atoms with Gasteiger partial charge >= 0.3 is 12.4 Å². The molecular weight excluding hydrogens is 632 g/mol. The molecule has 1 aromatic heterocycles. The van der Waals surface area contributed by atoms with Gasteiger partial charge in [0.15, 0.2) is 11.5 Å². The standard InChI is InChI=1S/C33H33F6N3O5/c1-45-13-12-42(31(44)23-15-24(32(34,35)36)17-25(16-23)33(37,38)39)20-30(43)41(19-21-8-9-28(46-2)29(14-21)47-3)11-10-22-18-40-27-7-5-4-6-26(22)27/h4-9,14-18,40H,10-13,19-20H2,1-3H3. The number of methoxy groups -OCH3 is 3. The fourth-order valence-electron chi connectivity index (χ4n) is 5.06. The summed E-state index contributed by atoms with van der Waals surface area (Å²) in [6.45, 7) is -0.819. The molecule has 14 heteroatoms. The minimum atomic E-state index is -5.15. The molecule has 1 heterocycles. The van der Waals surface area contributed by atoms with Crippen LogP contribution >= 0.6 is 0 Å². The summed E-state index contributed by atoms with van der Waals surface area (Å²) in [5.74, 6) is -0.902. The van der Waals surface area contributed by atoms with E-state index < -0.39 is 47.4 Å². The molecule has 4 rings (SSSR count). The second-order valence-electron chi connectivity index (χ2n) is 10.6. The summed E-state index contributed by atoms with van der Waals surface area (Å²) < 4.78 is 96.9. The average Bonchev–Trinajstić information content (AvgIpc) is 3.46. The van der Waals surface area contributed by atoms with Gasteiger partial charge in [-0.2, -0.15) is 26.3 Å². The van der Waals surface area contributed by atoms with E-state index in [0.717, 1.165) is 21.4 Å². The fourth-order valence-corrected chi connectivity index (χ4v) is 5.06. The number of hydrogen-bond donors (Lipinski definition) is 1. The predicted molar refractivity (Wildman–Crippen MR) is 161 cm³/mol. The van der Waals surface area contributed by atoms with Crippen molar-refractivity contribution in [2.24, 2.45) is 0 Å². The van der Waals surface area contributed by atoms with E-state index in [1.165, 1.54) is 26.2 Å². The molecule has 2 amide bonds. The number of carbonyl (C=O) groups excluding carboxylic acids is 2. The number of fused-ring (bicyclic) bond motifs is 1. The third-order valence-electron chi connectivity index (χ3n) is 7.51. The van der Waals surface area contributed by atoms with Gasteiger partial charge in [0.25, 0.3) is 5.91 Å². The molecule has 0 saturated heterocycles. The highest BCUT2D eigenvalue weighted by Gasteiger charge is 2.38. The molecule has 4 aromatic rings. The summed E-state index contributed by atoms with van der Waals surface area (Å²) in [7, 11) is 4.24. The van der Waals surface area contributed by atoms with Gasteiger partial charge in [0, 0.05) is 49.4 Å². The smallest absolute Gasteiger partial charge is 0.416 e. The van der Waals surface area contributed by atoms with E-state index in [2.05, 4.69) is 4.98 Å². The Bertz CT molecular complexity index is 1670. The lowest BCUT2D eigenvalue weighted by molar-refractivity contribution is -0.143. The van der Waals surface area contributed by atoms with Gasteiger partial charge in [0.1, 0.15) is 6.54 Å². The molecule has 0 aliphatic heterocycles. The summed E-state index contributed by atoms with van der Waals surface area (Å²) >= 11 is 0. The third-order valence-corrected chi connectivity index (χ3v) is 7.51. The molecule has 0 bridgehead atoms. The molecule has 8 nitrogen and oxygen atoms in total. The predicted octanol–water partition coefficient (Wildman–Crippen LogP) is 6.58. The maximum absolute atomic E-state index is 13.9. The fraction of sp³-hybridized carbons (Fsp3) is 0.333. The molecule has 0 atom stereocenters. The zero-order chi connectivity index (χ0) is 34.4. The number of hydrogen-bond acceptors (Lipinski definition) is 5. The van der Waals surface area contributed by atoms with Crippen molar-refractivity contribution in [3.8, 4) is 11.5 Å². The summed E-state index contributed by atoms with van der Waals surface area (Å²) in [5.41, 5.74) is -1.67. The van der Waals surface area contributed by atoms with Gasteiger partial charge in [-0.05, 0) is 53.9 Å². The quantitative estimate of drug-likeness (QED) is 0.163. The lowest BCUT2D eigenvalue weighted by Gasteiger charge is -2.28. The molecule has 0 radical (unpaired) electrons. The first-order valence-corrected chi connectivity index (χ1v) is 14.4. The molecule has 0 saturated carbocycles. The van der Waals surface area contributed by atoms with Crippen molar-refractivity contribution in [3.63, 3.8) is 0 Å². The molecule has 252 valence electrons. The number of benzene rings is 3. The van der Waals surface area contributed by atoms with Gasteiger partial charge in [0.05, 0.1) is 32.0 Å². The average molecular weight is 666 g/mol. The normalized spacial score (nSPS) is 11.9. The highest BCUT2D eigenvalue weighted by atomic mass is 19.4. The molecule has 1 N–H and O–H groups in total. The van der Waals surface area contributed by atoms with Gasteiger partial charge in [-0.15, -0.1) is 0 Å². The van der Waals surface area contributed by atoms with E-state index >= 15 is 0 Å². The van der Waals surface area contributed by atoms with Gasteiger partial charge in [-0.1, -0.05) is 24.3 Å². The van der Waals surface area contributed by atoms with Crippen LogP contribution in [0.5, 0.6) is 11.5 Å². The van der Waals surface area contributed by atoms with E-state index in [4.69, 9.17) is 14.2 Å². The number of H-pyrrole nitrogens is 1. The monoisotopic (exact) mass is 665 g/mol. The van der Waals surface area contributed by atoms with Crippen molar-refractivity contribution in [1.29, 1.82) is 0 Å². The highest BCUT2D eigenvalue weighted by molar-refractivity contribution is 5.97. The minimum Gasteiger partial charge on any atom is -0.493 e. The van der Waals surface area contributed by atoms with Crippen LogP contribution in [0.4, 0.5) is 26.3 Å². The second-order valence-corrected chi connectivity index (χ2v) is 10.6. The molecular formula is C33H33F6N3O5. The molecule has 0 aliphatic rings. The van der Waals surface area contributed by atoms with Crippen molar-refractivity contribution in [1.82, 2.24) is 14.8 Å². The summed E-state index contributed by atoms with van der Waals surface area (Å²) in [6, 6.07) is 13.3. The number of rotatable bonds is 13. The Hall–Kier alpha value is -4.72. The topological polar surface area (TPSA) is 84.1 Å². The Morgan fingerprint density at radius 3 is 2.06 bits per heavy atom. The van der Waals surface area contributed by atoms with Crippen LogP contribution in [0.25, 0.3) is 10.9 Å². The maximum atomic E-state index is 13.9. The lowest BCUT2D eigenvalue weighted by atomic mass is 10.0. The van der Waals surface area contributed by atoms with Crippen molar-refractivity contribution in [2.45, 2.75) is 25.3 Å². The molecule has 0 fully saturated rings. The number of alkyl halides is 6. The summed E-state index contributed by atoms with van der Waals surface area (Å²) in [4.78, 5) is 32.9. The number of aromatic nitrogens is 1. The van der Waals surface area contributed by atoms with Crippen LogP contribution in [0.15, 0.2) is 66.9 Å². The van der Waals surface area contributed by atoms with Crippen LogP contribution in [0.1, 0.15) is 32.6 Å². The minimum absolute atomic E-state index is 0.0512. The Morgan fingerprint density at radius 1 is 0.787 bits per heavy atom. The van der Waals surface area contributed by atoms with Gasteiger partial charge in [-0.25, -0.2) is 0 Å². The van der Waals surface area contributed by atoms with Crippen molar-refractivity contribution in [3.05, 3.63) is 94.7 Å². The van der Waals surface area contributed by atoms with Crippen LogP contribution < -0.4 is 9.47 Å². The van der Waals surface area contributed by atoms with Crippen LogP contribution in [-0.2, 0) is 34.8 Å². The van der Waals surface area contributed by atoms with E-state index in [9.17, 15) is 35.9 Å². The first-order chi connectivity index (χ1) is 22.2. The highest BCUT2D eigenvalue weighted by Crippen LogP contribution is 2.36. The van der Waals surface area contributed by atoms with Crippen LogP contribution in [-0.4, -0.2) is 74.2 Å². The molecule has 0 aliphatic carbocycles. The van der Waals surface area contributed by atoms with Crippen molar-refractivity contribution in [2.75, 3.05) is 47.6 Å². The van der Waals surface area contributed by atoms with Crippen LogP contribution in [0, 0.1) is 0 Å². The first-order valence-electron chi connectivity index (χ1n) is 14.4. The number of nitrogens with one attached hydrogen (secondary N) is 1. The summed E-state index contributed by atoms with van der Waals surface area (Å²) in [6.07, 6.45) is -8.08. The Balaban J connectivity index is 1.66. The second kappa shape index (κ2) is 14.8. The van der Waals surface area contributed by atoms with Crippen molar-refractivity contribution >= 4 is 22.7 Å². The molecule has 3 aromatic carbocycles. The van der Waals surface area contributed by atoms with E-state index in [1.54, 1.807) is 18.2 Å². The van der Waals surface area contributed by atoms with Gasteiger partial charge < -0.3 is 29.0 Å². The maximum Gasteiger partial charge on any atom is 0.416 e. The number of amides is 2. The Kier molecular flexibility index (Phi) is 11.1. The van der Waals surface area contributed by atoms with Gasteiger partial charge in [-0.3, -0.25) is 9.59 Å². The Labute approximate surface area is 266 Å². The lowest BCUT2D eigenvalue weighted by Crippen LogP contribution is -2.44. The SMILES string of the molecule is COCCN(CC(=O)N(CCc1c[nH]c2ccccc12)Cc1ccc(OC)c(OC)c1)C(=O)c1cc(C(F)(F)F)cc(C(F)(F)F)c1. The number of nitrogens with zero attached hydrogens (tertiary/aromatic N) is 2. The largest absolute Gasteiger partial charge is 0.493 e. The van der Waals surface area contributed by atoms with E-state index in [0.29, 0.717) is 35.6 Å². The van der Waals surface area contributed by atoms with Crippen LogP contribution in [0.2, 0.25) is 0 Å². The number of para-hydroxylation sites is 1. The van der Waals surface area contributed by atoms with Gasteiger partial charge in [0.2, 0.25) is 5.91 Å². The zero-order valence-electron chi connectivity index (χ0n) is 25.8. The number of aromatic amines is 1.